The van der Waals surface area contributed by atoms with Gasteiger partial charge in [-0.05, 0) is 22.0 Å². The quantitative estimate of drug-likeness (QED) is 0.837. The minimum atomic E-state index is -0.488. The Labute approximate surface area is 111 Å². The lowest BCUT2D eigenvalue weighted by Gasteiger charge is -2.28. The van der Waals surface area contributed by atoms with E-state index in [4.69, 9.17) is 0 Å². The zero-order chi connectivity index (χ0) is 14.1. The first-order valence-corrected chi connectivity index (χ1v) is 6.49. The van der Waals surface area contributed by atoms with Gasteiger partial charge in [0.25, 0.3) is 0 Å². The summed E-state index contributed by atoms with van der Waals surface area (Å²) in [5, 5.41) is 20.4. The summed E-state index contributed by atoms with van der Waals surface area (Å²) in [5.41, 5.74) is 1.44. The van der Waals surface area contributed by atoms with Crippen LogP contribution in [-0.4, -0.2) is 10.2 Å². The first-order chi connectivity index (χ1) is 8.03. The van der Waals surface area contributed by atoms with Crippen LogP contribution in [0, 0.1) is 10.8 Å². The van der Waals surface area contributed by atoms with Crippen LogP contribution < -0.4 is 0 Å². The third-order valence-electron chi connectivity index (χ3n) is 3.21. The minimum absolute atomic E-state index is 0.176. The highest BCUT2D eigenvalue weighted by molar-refractivity contribution is 5.27. The number of rotatable bonds is 2. The predicted octanol–water partition coefficient (Wildman–Crippen LogP) is 3.85. The largest absolute Gasteiger partial charge is 0.388 e. The van der Waals surface area contributed by atoms with Crippen molar-refractivity contribution in [3.63, 3.8) is 0 Å². The molecule has 0 fully saturated rings. The van der Waals surface area contributed by atoms with Crippen molar-refractivity contribution in [3.8, 4) is 0 Å². The molecule has 0 radical (unpaired) electrons. The average molecular weight is 250 g/mol. The lowest BCUT2D eigenvalue weighted by atomic mass is 9.82. The Balaban J connectivity index is 2.94. The van der Waals surface area contributed by atoms with Crippen LogP contribution in [-0.2, 0) is 0 Å². The number of aliphatic hydroxyl groups is 2. The van der Waals surface area contributed by atoms with Crippen molar-refractivity contribution in [2.75, 3.05) is 0 Å². The Hall–Kier alpha value is -0.860. The summed E-state index contributed by atoms with van der Waals surface area (Å²) in [5.74, 6) is 0. The molecular formula is C16H26O2. The van der Waals surface area contributed by atoms with Gasteiger partial charge >= 0.3 is 0 Å². The lowest BCUT2D eigenvalue weighted by Crippen LogP contribution is -2.19. The Morgan fingerprint density at radius 1 is 0.667 bits per heavy atom. The van der Waals surface area contributed by atoms with Gasteiger partial charge in [0.15, 0.2) is 0 Å². The highest BCUT2D eigenvalue weighted by atomic mass is 16.3. The molecule has 1 rings (SSSR count). The first kappa shape index (κ1) is 15.2. The third kappa shape index (κ3) is 3.56. The Kier molecular flexibility index (Phi) is 4.24. The maximum absolute atomic E-state index is 10.2. The molecular weight excluding hydrogens is 224 g/mol. The van der Waals surface area contributed by atoms with Gasteiger partial charge in [0.2, 0.25) is 0 Å². The molecule has 0 bridgehead atoms. The van der Waals surface area contributed by atoms with Gasteiger partial charge in [-0.2, -0.15) is 0 Å². The zero-order valence-corrected chi connectivity index (χ0v) is 12.4. The molecule has 0 saturated carbocycles. The van der Waals surface area contributed by atoms with E-state index in [9.17, 15) is 10.2 Å². The minimum Gasteiger partial charge on any atom is -0.388 e. The summed E-state index contributed by atoms with van der Waals surface area (Å²) in [6.07, 6.45) is -0.975. The molecule has 2 N–H and O–H groups in total. The van der Waals surface area contributed by atoms with Gasteiger partial charge in [0.05, 0.1) is 12.2 Å². The molecule has 2 heteroatoms. The number of hydrogen-bond acceptors (Lipinski definition) is 2. The second-order valence-corrected chi connectivity index (χ2v) is 7.20. The van der Waals surface area contributed by atoms with Crippen molar-refractivity contribution in [1.29, 1.82) is 0 Å². The van der Waals surface area contributed by atoms with Crippen molar-refractivity contribution in [2.45, 2.75) is 53.8 Å². The van der Waals surface area contributed by atoms with Crippen LogP contribution in [0.1, 0.15) is 64.9 Å². The fourth-order valence-electron chi connectivity index (χ4n) is 1.86. The van der Waals surface area contributed by atoms with Crippen LogP contribution in [0.15, 0.2) is 24.3 Å². The molecule has 0 aliphatic rings. The van der Waals surface area contributed by atoms with Gasteiger partial charge in [-0.25, -0.2) is 0 Å². The van der Waals surface area contributed by atoms with E-state index in [1.54, 1.807) is 0 Å². The average Bonchev–Trinajstić information content (AvgIpc) is 2.25. The van der Waals surface area contributed by atoms with Crippen LogP contribution in [0.2, 0.25) is 0 Å². The molecule has 0 saturated heterocycles. The second-order valence-electron chi connectivity index (χ2n) is 7.20. The summed E-state index contributed by atoms with van der Waals surface area (Å²) in [4.78, 5) is 0. The van der Waals surface area contributed by atoms with Crippen LogP contribution in [0.3, 0.4) is 0 Å². The SMILES string of the molecule is CC(C)(C)C(O)c1ccc(C(O)C(C)(C)C)cc1. The highest BCUT2D eigenvalue weighted by Gasteiger charge is 2.26. The smallest absolute Gasteiger partial charge is 0.0838 e. The number of hydrogen-bond donors (Lipinski definition) is 2. The summed E-state index contributed by atoms with van der Waals surface area (Å²) in [6.45, 7) is 12.1. The standard InChI is InChI=1S/C16H26O2/c1-15(2,3)13(17)11-7-9-12(10-8-11)14(18)16(4,5)6/h7-10,13-14,17-18H,1-6H3. The van der Waals surface area contributed by atoms with Gasteiger partial charge in [0, 0.05) is 0 Å². The predicted molar refractivity (Wildman–Crippen MR) is 75.3 cm³/mol. The third-order valence-corrected chi connectivity index (χ3v) is 3.21. The molecule has 18 heavy (non-hydrogen) atoms. The van der Waals surface area contributed by atoms with E-state index < -0.39 is 12.2 Å². The van der Waals surface area contributed by atoms with Crippen LogP contribution in [0.4, 0.5) is 0 Å². The maximum atomic E-state index is 10.2. The van der Waals surface area contributed by atoms with Crippen molar-refractivity contribution in [3.05, 3.63) is 35.4 Å². The molecule has 0 spiro atoms. The topological polar surface area (TPSA) is 40.5 Å². The van der Waals surface area contributed by atoms with Crippen molar-refractivity contribution in [2.24, 2.45) is 10.8 Å². The molecule has 102 valence electrons. The Morgan fingerprint density at radius 2 is 0.889 bits per heavy atom. The maximum Gasteiger partial charge on any atom is 0.0838 e. The molecule has 1 aromatic rings. The van der Waals surface area contributed by atoms with E-state index in [0.29, 0.717) is 0 Å². The molecule has 0 aromatic heterocycles. The number of aliphatic hydroxyl groups excluding tert-OH is 2. The van der Waals surface area contributed by atoms with Gasteiger partial charge < -0.3 is 10.2 Å². The van der Waals surface area contributed by atoms with E-state index in [1.807, 2.05) is 65.8 Å². The normalized spacial score (nSPS) is 16.4. The van der Waals surface area contributed by atoms with Crippen LogP contribution >= 0.6 is 0 Å². The molecule has 2 nitrogen and oxygen atoms in total. The van der Waals surface area contributed by atoms with Crippen molar-refractivity contribution >= 4 is 0 Å². The fourth-order valence-corrected chi connectivity index (χ4v) is 1.86. The van der Waals surface area contributed by atoms with Crippen LogP contribution in [0.5, 0.6) is 0 Å². The fraction of sp³-hybridized carbons (Fsp3) is 0.625. The van der Waals surface area contributed by atoms with E-state index in [1.165, 1.54) is 0 Å². The van der Waals surface area contributed by atoms with Crippen molar-refractivity contribution in [1.82, 2.24) is 0 Å². The second kappa shape index (κ2) is 5.02. The van der Waals surface area contributed by atoms with Gasteiger partial charge in [0.1, 0.15) is 0 Å². The van der Waals surface area contributed by atoms with E-state index >= 15 is 0 Å². The van der Waals surface area contributed by atoms with E-state index in [2.05, 4.69) is 0 Å². The summed E-state index contributed by atoms with van der Waals surface area (Å²) >= 11 is 0. The molecule has 2 unspecified atom stereocenters. The van der Waals surface area contributed by atoms with E-state index in [-0.39, 0.29) is 10.8 Å². The summed E-state index contributed by atoms with van der Waals surface area (Å²) < 4.78 is 0. The molecule has 0 heterocycles. The van der Waals surface area contributed by atoms with Gasteiger partial charge in [-0.3, -0.25) is 0 Å². The molecule has 0 aliphatic carbocycles. The Bertz CT molecular complexity index is 340. The first-order valence-electron chi connectivity index (χ1n) is 6.49. The molecule has 2 atom stereocenters. The lowest BCUT2D eigenvalue weighted by molar-refractivity contribution is 0.0597. The summed E-state index contributed by atoms with van der Waals surface area (Å²) in [6, 6.07) is 7.61. The molecule has 1 aromatic carbocycles. The Morgan fingerprint density at radius 3 is 1.06 bits per heavy atom. The number of benzene rings is 1. The van der Waals surface area contributed by atoms with Crippen LogP contribution in [0.25, 0.3) is 0 Å². The van der Waals surface area contributed by atoms with Gasteiger partial charge in [-0.15, -0.1) is 0 Å². The monoisotopic (exact) mass is 250 g/mol. The van der Waals surface area contributed by atoms with Crippen molar-refractivity contribution < 1.29 is 10.2 Å². The van der Waals surface area contributed by atoms with Gasteiger partial charge in [-0.1, -0.05) is 65.8 Å². The molecule has 0 amide bonds. The zero-order valence-electron chi connectivity index (χ0n) is 12.4. The summed E-state index contributed by atoms with van der Waals surface area (Å²) in [7, 11) is 0. The van der Waals surface area contributed by atoms with E-state index in [0.717, 1.165) is 11.1 Å². The molecule has 0 aliphatic heterocycles. The highest BCUT2D eigenvalue weighted by Crippen LogP contribution is 2.35.